The van der Waals surface area contributed by atoms with Gasteiger partial charge in [-0.05, 0) is 30.7 Å². The second kappa shape index (κ2) is 11.1. The highest BCUT2D eigenvalue weighted by molar-refractivity contribution is 9.10. The number of rotatable bonds is 10. The van der Waals surface area contributed by atoms with Crippen LogP contribution < -0.4 is 10.1 Å². The lowest BCUT2D eigenvalue weighted by Gasteiger charge is -2.13. The van der Waals surface area contributed by atoms with Crippen molar-refractivity contribution < 1.29 is 14.3 Å². The molecule has 1 amide bonds. The van der Waals surface area contributed by atoms with Crippen LogP contribution in [0, 0.1) is 0 Å². The molecule has 0 fully saturated rings. The Bertz CT molecular complexity index is 1050. The number of ether oxygens (including phenoxy) is 1. The molecule has 0 atom stereocenters. The van der Waals surface area contributed by atoms with E-state index in [2.05, 4.69) is 31.4 Å². The van der Waals surface area contributed by atoms with Gasteiger partial charge in [-0.3, -0.25) is 14.2 Å². The lowest BCUT2D eigenvalue weighted by molar-refractivity contribution is -0.118. The number of nitrogens with zero attached hydrogens (tertiary/aromatic N) is 3. The molecule has 0 aliphatic rings. The van der Waals surface area contributed by atoms with Gasteiger partial charge >= 0.3 is 0 Å². The summed E-state index contributed by atoms with van der Waals surface area (Å²) in [5.41, 5.74) is 1.46. The first kappa shape index (κ1) is 23.0. The highest BCUT2D eigenvalue weighted by Crippen LogP contribution is 2.29. The molecule has 0 spiro atoms. The first-order valence-corrected chi connectivity index (χ1v) is 11.5. The third-order valence-electron chi connectivity index (χ3n) is 4.48. The van der Waals surface area contributed by atoms with Crippen LogP contribution in [0.25, 0.3) is 5.69 Å². The fraction of sp³-hybridized carbons (Fsp3) is 0.273. The average molecular weight is 503 g/mol. The lowest BCUT2D eigenvalue weighted by Crippen LogP contribution is -2.21. The second-order valence-corrected chi connectivity index (χ2v) is 8.57. The van der Waals surface area contributed by atoms with Gasteiger partial charge in [-0.25, -0.2) is 0 Å². The van der Waals surface area contributed by atoms with Crippen molar-refractivity contribution in [1.29, 1.82) is 0 Å². The van der Waals surface area contributed by atoms with Crippen LogP contribution in [-0.2, 0) is 11.2 Å². The maximum absolute atomic E-state index is 12.6. The fourth-order valence-corrected chi connectivity index (χ4v) is 4.09. The van der Waals surface area contributed by atoms with E-state index in [1.165, 1.54) is 18.7 Å². The number of nitrogens with one attached hydrogen (secondary N) is 1. The Morgan fingerprint density at radius 3 is 2.58 bits per heavy atom. The van der Waals surface area contributed by atoms with Crippen molar-refractivity contribution >= 4 is 39.4 Å². The van der Waals surface area contributed by atoms with Crippen molar-refractivity contribution in [2.24, 2.45) is 0 Å². The van der Waals surface area contributed by atoms with Gasteiger partial charge in [0.15, 0.2) is 10.9 Å². The molecule has 31 heavy (non-hydrogen) atoms. The summed E-state index contributed by atoms with van der Waals surface area (Å²) in [7, 11) is 1.61. The normalized spacial score (nSPS) is 10.7. The first-order valence-electron chi connectivity index (χ1n) is 9.73. The number of thioether (sulfide) groups is 1. The molecule has 9 heteroatoms. The lowest BCUT2D eigenvalue weighted by atomic mass is 10.2. The Kier molecular flexibility index (Phi) is 8.25. The van der Waals surface area contributed by atoms with Crippen LogP contribution in [0.4, 0.5) is 0 Å². The molecule has 162 valence electrons. The average Bonchev–Trinajstić information content (AvgIpc) is 3.17. The number of Topliss-reactive ketones (excluding diaryl/α,β-unsaturated/α-hetero) is 1. The Labute approximate surface area is 193 Å². The monoisotopic (exact) mass is 502 g/mol. The number of carbonyl (C=O) groups is 2. The number of hydrogen-bond donors (Lipinski definition) is 1. The fourth-order valence-electron chi connectivity index (χ4n) is 2.97. The second-order valence-electron chi connectivity index (χ2n) is 6.71. The molecule has 1 heterocycles. The smallest absolute Gasteiger partial charge is 0.216 e. The van der Waals surface area contributed by atoms with E-state index in [0.717, 1.165) is 22.4 Å². The third kappa shape index (κ3) is 6.18. The SMILES string of the molecule is COc1ccccc1-n1c(CCCNC(C)=O)nnc1SCC(=O)c1ccc(Br)cc1. The Hall–Kier alpha value is -2.65. The van der Waals surface area contributed by atoms with Crippen LogP contribution in [0.1, 0.15) is 29.5 Å². The summed E-state index contributed by atoms with van der Waals surface area (Å²) < 4.78 is 8.38. The van der Waals surface area contributed by atoms with Crippen molar-refractivity contribution in [3.8, 4) is 11.4 Å². The van der Waals surface area contributed by atoms with Crippen LogP contribution in [0.3, 0.4) is 0 Å². The van der Waals surface area contributed by atoms with Gasteiger partial charge in [0.25, 0.3) is 0 Å². The predicted octanol–water partition coefficient (Wildman–Crippen LogP) is 4.08. The van der Waals surface area contributed by atoms with Gasteiger partial charge in [-0.1, -0.05) is 52.0 Å². The van der Waals surface area contributed by atoms with Crippen molar-refractivity contribution in [2.45, 2.75) is 24.9 Å². The minimum atomic E-state index is -0.0612. The largest absolute Gasteiger partial charge is 0.495 e. The quantitative estimate of drug-likeness (QED) is 0.255. The molecule has 0 aliphatic carbocycles. The minimum absolute atomic E-state index is 0.0132. The summed E-state index contributed by atoms with van der Waals surface area (Å²) in [6.45, 7) is 2.05. The number of aryl methyl sites for hydroxylation is 1. The number of amides is 1. The molecule has 1 N–H and O–H groups in total. The van der Waals surface area contributed by atoms with Crippen molar-refractivity contribution in [3.05, 3.63) is 64.4 Å². The zero-order valence-corrected chi connectivity index (χ0v) is 19.7. The maximum Gasteiger partial charge on any atom is 0.216 e. The van der Waals surface area contributed by atoms with Gasteiger partial charge in [0.05, 0.1) is 18.6 Å². The summed E-state index contributed by atoms with van der Waals surface area (Å²) in [6, 6.07) is 14.9. The Morgan fingerprint density at radius 2 is 1.87 bits per heavy atom. The summed E-state index contributed by atoms with van der Waals surface area (Å²) >= 11 is 4.72. The molecule has 7 nitrogen and oxygen atoms in total. The van der Waals surface area contributed by atoms with E-state index in [4.69, 9.17) is 4.74 Å². The van der Waals surface area contributed by atoms with Crippen molar-refractivity contribution in [3.63, 3.8) is 0 Å². The molecule has 0 radical (unpaired) electrons. The molecule has 2 aromatic carbocycles. The van der Waals surface area contributed by atoms with E-state index in [1.54, 1.807) is 19.2 Å². The molecule has 0 bridgehead atoms. The molecule has 0 aliphatic heterocycles. The molecule has 0 unspecified atom stereocenters. The molecule has 1 aromatic heterocycles. The summed E-state index contributed by atoms with van der Waals surface area (Å²) in [4.78, 5) is 23.7. The number of methoxy groups -OCH3 is 1. The highest BCUT2D eigenvalue weighted by Gasteiger charge is 2.18. The van der Waals surface area contributed by atoms with E-state index in [-0.39, 0.29) is 17.4 Å². The molecular weight excluding hydrogens is 480 g/mol. The van der Waals surface area contributed by atoms with Crippen LogP contribution in [0.2, 0.25) is 0 Å². The van der Waals surface area contributed by atoms with E-state index in [9.17, 15) is 9.59 Å². The summed E-state index contributed by atoms with van der Waals surface area (Å²) in [6.07, 6.45) is 1.34. The summed E-state index contributed by atoms with van der Waals surface area (Å²) in [5, 5.41) is 12.1. The Balaban J connectivity index is 1.82. The van der Waals surface area contributed by atoms with Gasteiger partial charge in [-0.2, -0.15) is 0 Å². The zero-order valence-electron chi connectivity index (χ0n) is 17.3. The molecule has 0 saturated heterocycles. The number of hydrogen-bond acceptors (Lipinski definition) is 6. The molecule has 0 saturated carbocycles. The van der Waals surface area contributed by atoms with E-state index >= 15 is 0 Å². The standard InChI is InChI=1S/C22H23BrN4O3S/c1-15(28)24-13-5-8-21-25-26-22(27(21)18-6-3-4-7-20(18)30-2)31-14-19(29)16-9-11-17(23)12-10-16/h3-4,6-7,9-12H,5,8,13-14H2,1-2H3,(H,24,28). The topological polar surface area (TPSA) is 86.1 Å². The number of aromatic nitrogens is 3. The van der Waals surface area contributed by atoms with Crippen LogP contribution >= 0.6 is 27.7 Å². The van der Waals surface area contributed by atoms with Gasteiger partial charge in [0.2, 0.25) is 5.91 Å². The molecule has 3 aromatic rings. The third-order valence-corrected chi connectivity index (χ3v) is 5.93. The van der Waals surface area contributed by atoms with Crippen LogP contribution in [0.15, 0.2) is 58.2 Å². The van der Waals surface area contributed by atoms with E-state index in [1.807, 2.05) is 41.0 Å². The van der Waals surface area contributed by atoms with E-state index in [0.29, 0.717) is 29.4 Å². The molecular formula is C22H23BrN4O3S. The minimum Gasteiger partial charge on any atom is -0.495 e. The predicted molar refractivity (Wildman–Crippen MR) is 124 cm³/mol. The maximum atomic E-state index is 12.6. The van der Waals surface area contributed by atoms with Crippen LogP contribution in [-0.4, -0.2) is 45.9 Å². The van der Waals surface area contributed by atoms with Crippen LogP contribution in [0.5, 0.6) is 5.75 Å². The number of ketones is 1. The molecule has 3 rings (SSSR count). The van der Waals surface area contributed by atoms with Gasteiger partial charge in [0, 0.05) is 29.9 Å². The number of benzene rings is 2. The van der Waals surface area contributed by atoms with Crippen molar-refractivity contribution in [1.82, 2.24) is 20.1 Å². The number of para-hydroxylation sites is 2. The Morgan fingerprint density at radius 1 is 1.13 bits per heavy atom. The van der Waals surface area contributed by atoms with E-state index < -0.39 is 0 Å². The van der Waals surface area contributed by atoms with Gasteiger partial charge in [0.1, 0.15) is 11.6 Å². The zero-order chi connectivity index (χ0) is 22.2. The summed E-state index contributed by atoms with van der Waals surface area (Å²) in [5.74, 6) is 1.62. The first-order chi connectivity index (χ1) is 15.0. The van der Waals surface area contributed by atoms with Gasteiger partial charge < -0.3 is 10.1 Å². The van der Waals surface area contributed by atoms with Gasteiger partial charge in [-0.15, -0.1) is 10.2 Å². The van der Waals surface area contributed by atoms with Crippen molar-refractivity contribution in [2.75, 3.05) is 19.4 Å². The highest BCUT2D eigenvalue weighted by atomic mass is 79.9. The number of carbonyl (C=O) groups excluding carboxylic acids is 2. The number of halogens is 1.